The van der Waals surface area contributed by atoms with Crippen molar-refractivity contribution in [3.8, 4) is 0 Å². The van der Waals surface area contributed by atoms with E-state index in [0.717, 1.165) is 0 Å². The molecule has 0 bridgehead atoms. The molecule has 0 saturated carbocycles. The first-order valence-electron chi connectivity index (χ1n) is 4.24. The summed E-state index contributed by atoms with van der Waals surface area (Å²) in [5.74, 6) is 0. The van der Waals surface area contributed by atoms with Gasteiger partial charge in [0.25, 0.3) is 0 Å². The van der Waals surface area contributed by atoms with Crippen molar-refractivity contribution >= 4 is 19.8 Å². The minimum atomic E-state index is -0.768. The molecule has 0 radical (unpaired) electrons. The average Bonchev–Trinajstić information content (AvgIpc) is 2.03. The van der Waals surface area contributed by atoms with E-state index in [4.69, 9.17) is 0 Å². The Kier molecular flexibility index (Phi) is 3.56. The molecule has 0 unspecified atom stereocenters. The number of halogens is 1. The monoisotopic (exact) mass is 276 g/mol. The SMILES string of the molecule is CCc1cc(C)ccc1I(C)C. The number of hydrogen-bond donors (Lipinski definition) is 0. The predicted octanol–water partition coefficient (Wildman–Crippen LogP) is 3.49. The third kappa shape index (κ3) is 2.22. The molecule has 0 spiro atoms. The molecule has 0 N–H and O–H groups in total. The van der Waals surface area contributed by atoms with Gasteiger partial charge < -0.3 is 0 Å². The van der Waals surface area contributed by atoms with Crippen LogP contribution in [0.25, 0.3) is 0 Å². The van der Waals surface area contributed by atoms with Gasteiger partial charge in [-0.2, -0.15) is 0 Å². The summed E-state index contributed by atoms with van der Waals surface area (Å²) in [5.41, 5.74) is 2.97. The van der Waals surface area contributed by atoms with E-state index in [9.17, 15) is 0 Å². The van der Waals surface area contributed by atoms with Crippen LogP contribution in [0.15, 0.2) is 18.2 Å². The number of rotatable bonds is 2. The molecule has 0 heterocycles. The second-order valence-corrected chi connectivity index (χ2v) is 8.68. The van der Waals surface area contributed by atoms with E-state index in [1.165, 1.54) is 12.0 Å². The van der Waals surface area contributed by atoms with Crippen LogP contribution in [0.1, 0.15) is 18.1 Å². The van der Waals surface area contributed by atoms with Crippen molar-refractivity contribution in [2.45, 2.75) is 20.3 Å². The maximum absolute atomic E-state index is 2.41. The van der Waals surface area contributed by atoms with E-state index >= 15 is 0 Å². The van der Waals surface area contributed by atoms with Crippen LogP contribution in [0, 0.1) is 10.5 Å². The number of benzene rings is 1. The van der Waals surface area contributed by atoms with Gasteiger partial charge in [0, 0.05) is 0 Å². The number of alkyl halides is 2. The van der Waals surface area contributed by atoms with Crippen molar-refractivity contribution in [1.82, 2.24) is 0 Å². The molecule has 0 amide bonds. The second kappa shape index (κ2) is 4.26. The Hall–Kier alpha value is -0.0500. The van der Waals surface area contributed by atoms with E-state index in [2.05, 4.69) is 41.9 Å². The Bertz CT molecular complexity index is 264. The van der Waals surface area contributed by atoms with Crippen molar-refractivity contribution < 1.29 is 0 Å². The van der Waals surface area contributed by atoms with Crippen molar-refractivity contribution in [2.75, 3.05) is 9.86 Å². The molecule has 0 atom stereocenters. The van der Waals surface area contributed by atoms with Gasteiger partial charge in [-0.25, -0.2) is 0 Å². The fourth-order valence-corrected chi connectivity index (χ4v) is 4.16. The molecular formula is C11H17I. The molecule has 0 nitrogen and oxygen atoms in total. The van der Waals surface area contributed by atoms with Crippen LogP contribution in [0.2, 0.25) is 0 Å². The first-order chi connectivity index (χ1) is 5.65. The van der Waals surface area contributed by atoms with Gasteiger partial charge in [-0.15, -0.1) is 0 Å². The first-order valence-corrected chi connectivity index (χ1v) is 9.64. The van der Waals surface area contributed by atoms with Crippen LogP contribution in [0.4, 0.5) is 0 Å². The van der Waals surface area contributed by atoms with Gasteiger partial charge in [-0.05, 0) is 0 Å². The van der Waals surface area contributed by atoms with Gasteiger partial charge >= 0.3 is 82.8 Å². The predicted molar refractivity (Wildman–Crippen MR) is 65.1 cm³/mol. The molecule has 1 rings (SSSR count). The Morgan fingerprint density at radius 2 is 1.92 bits per heavy atom. The van der Waals surface area contributed by atoms with Crippen molar-refractivity contribution in [1.29, 1.82) is 0 Å². The van der Waals surface area contributed by atoms with Gasteiger partial charge in [0.2, 0.25) is 0 Å². The molecular weight excluding hydrogens is 259 g/mol. The van der Waals surface area contributed by atoms with Crippen LogP contribution in [-0.4, -0.2) is 9.86 Å². The molecule has 0 aliphatic carbocycles. The number of hydrogen-bond acceptors (Lipinski definition) is 0. The summed E-state index contributed by atoms with van der Waals surface area (Å²) in [7, 11) is 0. The van der Waals surface area contributed by atoms with Crippen LogP contribution in [-0.2, 0) is 6.42 Å². The second-order valence-electron chi connectivity index (χ2n) is 3.20. The van der Waals surface area contributed by atoms with Gasteiger partial charge in [-0.3, -0.25) is 0 Å². The summed E-state index contributed by atoms with van der Waals surface area (Å²) >= 11 is -0.768. The summed E-state index contributed by atoms with van der Waals surface area (Å²) in [5, 5.41) is 0. The third-order valence-electron chi connectivity index (χ3n) is 1.99. The summed E-state index contributed by atoms with van der Waals surface area (Å²) in [6.45, 7) is 4.42. The topological polar surface area (TPSA) is 0 Å². The van der Waals surface area contributed by atoms with Crippen LogP contribution in [0.3, 0.4) is 0 Å². The Balaban J connectivity index is 3.11. The van der Waals surface area contributed by atoms with Crippen LogP contribution >= 0.6 is 19.8 Å². The van der Waals surface area contributed by atoms with E-state index in [-0.39, 0.29) is 0 Å². The van der Waals surface area contributed by atoms with Crippen LogP contribution < -0.4 is 0 Å². The third-order valence-corrected chi connectivity index (χ3v) is 5.37. The summed E-state index contributed by atoms with van der Waals surface area (Å²) < 4.78 is 1.66. The standard InChI is InChI=1S/C11H17I/c1-5-10-8-9(2)6-7-11(10)12(3)4/h6-8H,5H2,1-4H3. The molecule has 0 aliphatic heterocycles. The molecule has 68 valence electrons. The Morgan fingerprint density at radius 1 is 1.25 bits per heavy atom. The summed E-state index contributed by atoms with van der Waals surface area (Å²) in [4.78, 5) is 4.82. The maximum atomic E-state index is 2.41. The van der Waals surface area contributed by atoms with Gasteiger partial charge in [0.1, 0.15) is 0 Å². The Morgan fingerprint density at radius 3 is 2.42 bits per heavy atom. The molecule has 0 aromatic heterocycles. The summed E-state index contributed by atoms with van der Waals surface area (Å²) in [6.07, 6.45) is 1.19. The fourth-order valence-electron chi connectivity index (χ4n) is 1.34. The minimum absolute atomic E-state index is 0.768. The van der Waals surface area contributed by atoms with Crippen molar-refractivity contribution in [2.24, 2.45) is 0 Å². The molecule has 12 heavy (non-hydrogen) atoms. The van der Waals surface area contributed by atoms with E-state index in [1.54, 1.807) is 9.13 Å². The molecule has 0 aliphatic rings. The summed E-state index contributed by atoms with van der Waals surface area (Å²) in [6, 6.07) is 6.91. The fraction of sp³-hybridized carbons (Fsp3) is 0.455. The van der Waals surface area contributed by atoms with Gasteiger partial charge in [0.05, 0.1) is 0 Å². The van der Waals surface area contributed by atoms with Crippen molar-refractivity contribution in [3.63, 3.8) is 0 Å². The zero-order chi connectivity index (χ0) is 9.14. The van der Waals surface area contributed by atoms with Crippen LogP contribution in [0.5, 0.6) is 0 Å². The molecule has 0 fully saturated rings. The molecule has 1 aromatic carbocycles. The number of aryl methyl sites for hydroxylation is 2. The zero-order valence-electron chi connectivity index (χ0n) is 8.32. The normalized spacial score (nSPS) is 11.5. The Labute approximate surface area is 82.8 Å². The van der Waals surface area contributed by atoms with Crippen molar-refractivity contribution in [3.05, 3.63) is 32.9 Å². The van der Waals surface area contributed by atoms with Gasteiger partial charge in [0.15, 0.2) is 0 Å². The van der Waals surface area contributed by atoms with E-state index < -0.39 is 19.8 Å². The molecule has 1 heteroatoms. The first kappa shape index (κ1) is 10.0. The van der Waals surface area contributed by atoms with E-state index in [1.807, 2.05) is 0 Å². The molecule has 0 saturated heterocycles. The molecule has 1 aromatic rings. The van der Waals surface area contributed by atoms with E-state index in [0.29, 0.717) is 0 Å². The quantitative estimate of drug-likeness (QED) is 0.573. The average molecular weight is 276 g/mol. The van der Waals surface area contributed by atoms with Gasteiger partial charge in [-0.1, -0.05) is 0 Å². The zero-order valence-corrected chi connectivity index (χ0v) is 10.5.